The zero-order valence-corrected chi connectivity index (χ0v) is 27.1. The van der Waals surface area contributed by atoms with Crippen LogP contribution in [-0.4, -0.2) is 38.5 Å². The molecule has 0 spiro atoms. The Hall–Kier alpha value is -2.32. The maximum Gasteiger partial charge on any atom is 0.0786 e. The molecule has 0 heterocycles. The molecule has 0 unspecified atom stereocenters. The SMILES string of the molecule is CCCC[N+](CCCC)(CCCC)CCCC.[BH3-]CCCCCC(c1ccccc1)(c1ccccc1)c1ccccc1. The van der Waals surface area contributed by atoms with Crippen molar-refractivity contribution in [3.05, 3.63) is 108 Å². The second kappa shape index (κ2) is 21.4. The van der Waals surface area contributed by atoms with Gasteiger partial charge in [0, 0.05) is 5.41 Å². The summed E-state index contributed by atoms with van der Waals surface area (Å²) in [5.41, 5.74) is 4.17. The number of hydrogen-bond acceptors (Lipinski definition) is 0. The molecular formula is C40H64BN. The van der Waals surface area contributed by atoms with Crippen molar-refractivity contribution in [3.8, 4) is 0 Å². The van der Waals surface area contributed by atoms with Crippen LogP contribution in [0.3, 0.4) is 0 Å². The van der Waals surface area contributed by atoms with E-state index in [0.29, 0.717) is 7.85 Å². The van der Waals surface area contributed by atoms with Crippen LogP contribution in [0.15, 0.2) is 91.0 Å². The van der Waals surface area contributed by atoms with Gasteiger partial charge in [-0.1, -0.05) is 164 Å². The highest BCUT2D eigenvalue weighted by molar-refractivity contribution is 6.08. The van der Waals surface area contributed by atoms with Crippen molar-refractivity contribution in [2.24, 2.45) is 0 Å². The summed E-state index contributed by atoms with van der Waals surface area (Å²) >= 11 is 0. The first-order chi connectivity index (χ1) is 20.6. The summed E-state index contributed by atoms with van der Waals surface area (Å²) in [5.74, 6) is 0. The van der Waals surface area contributed by atoms with E-state index in [2.05, 4.69) is 119 Å². The van der Waals surface area contributed by atoms with Crippen molar-refractivity contribution in [2.75, 3.05) is 26.2 Å². The molecule has 232 valence electrons. The van der Waals surface area contributed by atoms with Crippen LogP contribution in [0.4, 0.5) is 0 Å². The van der Waals surface area contributed by atoms with Gasteiger partial charge in [0.25, 0.3) is 0 Å². The quantitative estimate of drug-likeness (QED) is 0.0550. The fourth-order valence-corrected chi connectivity index (χ4v) is 6.31. The van der Waals surface area contributed by atoms with E-state index in [1.165, 1.54) is 131 Å². The summed E-state index contributed by atoms with van der Waals surface area (Å²) in [4.78, 5) is 0. The minimum Gasteiger partial charge on any atom is -0.324 e. The second-order valence-corrected chi connectivity index (χ2v) is 12.0. The molecule has 3 rings (SSSR count). The Labute approximate surface area is 262 Å². The van der Waals surface area contributed by atoms with Crippen molar-refractivity contribution >= 4 is 7.85 Å². The molecule has 0 aromatic heterocycles. The molecule has 0 aliphatic rings. The molecule has 0 atom stereocenters. The highest BCUT2D eigenvalue weighted by Gasteiger charge is 2.35. The van der Waals surface area contributed by atoms with Gasteiger partial charge in [0.05, 0.1) is 26.2 Å². The highest BCUT2D eigenvalue weighted by atomic mass is 15.3. The molecule has 42 heavy (non-hydrogen) atoms. The van der Waals surface area contributed by atoms with Gasteiger partial charge in [0.2, 0.25) is 0 Å². The van der Waals surface area contributed by atoms with E-state index in [-0.39, 0.29) is 5.41 Å². The molecule has 0 N–H and O–H groups in total. The molecule has 3 aromatic rings. The molecule has 0 bridgehead atoms. The summed E-state index contributed by atoms with van der Waals surface area (Å²) < 4.78 is 1.42. The third-order valence-electron chi connectivity index (χ3n) is 8.80. The van der Waals surface area contributed by atoms with E-state index in [1.54, 1.807) is 0 Å². The molecule has 0 amide bonds. The number of unbranched alkanes of at least 4 members (excludes halogenated alkanes) is 6. The van der Waals surface area contributed by atoms with Gasteiger partial charge in [-0.25, -0.2) is 0 Å². The first kappa shape index (κ1) is 35.9. The monoisotopic (exact) mass is 570 g/mol. The zero-order valence-electron chi connectivity index (χ0n) is 27.1. The largest absolute Gasteiger partial charge is 0.324 e. The normalized spacial score (nSPS) is 11.6. The topological polar surface area (TPSA) is 0 Å². The molecule has 1 nitrogen and oxygen atoms in total. The molecule has 0 aliphatic heterocycles. The summed E-state index contributed by atoms with van der Waals surface area (Å²) in [6, 6.07) is 33.3. The summed E-state index contributed by atoms with van der Waals surface area (Å²) in [6.45, 7) is 15.0. The molecule has 0 saturated carbocycles. The van der Waals surface area contributed by atoms with Crippen molar-refractivity contribution in [1.82, 2.24) is 0 Å². The van der Waals surface area contributed by atoms with Crippen molar-refractivity contribution in [2.45, 2.75) is 116 Å². The van der Waals surface area contributed by atoms with Gasteiger partial charge in [-0.3, -0.25) is 0 Å². The third-order valence-corrected chi connectivity index (χ3v) is 8.80. The molecular weight excluding hydrogens is 505 g/mol. The van der Waals surface area contributed by atoms with Gasteiger partial charge >= 0.3 is 0 Å². The van der Waals surface area contributed by atoms with E-state index in [9.17, 15) is 0 Å². The molecule has 0 aliphatic carbocycles. The van der Waals surface area contributed by atoms with Crippen molar-refractivity contribution in [3.63, 3.8) is 0 Å². The van der Waals surface area contributed by atoms with E-state index in [4.69, 9.17) is 0 Å². The van der Waals surface area contributed by atoms with Gasteiger partial charge < -0.3 is 4.48 Å². The summed E-state index contributed by atoms with van der Waals surface area (Å²) in [6.07, 6.45) is 17.8. The van der Waals surface area contributed by atoms with Crippen LogP contribution in [-0.2, 0) is 5.41 Å². The average Bonchev–Trinajstić information content (AvgIpc) is 3.06. The lowest BCUT2D eigenvalue weighted by atomic mass is 9.66. The van der Waals surface area contributed by atoms with Crippen LogP contribution in [0.25, 0.3) is 0 Å². The van der Waals surface area contributed by atoms with E-state index < -0.39 is 0 Å². The van der Waals surface area contributed by atoms with E-state index in [0.717, 1.165) is 0 Å². The predicted octanol–water partition coefficient (Wildman–Crippen LogP) is 10.4. The number of nitrogens with zero attached hydrogens (tertiary/aromatic N) is 1. The number of quaternary nitrogens is 1. The lowest BCUT2D eigenvalue weighted by Gasteiger charge is -2.39. The maximum atomic E-state index is 2.33. The van der Waals surface area contributed by atoms with Gasteiger partial charge in [-0.05, 0) is 56.6 Å². The Balaban J connectivity index is 0.000000319. The first-order valence-corrected chi connectivity index (χ1v) is 16.9. The van der Waals surface area contributed by atoms with Crippen LogP contribution < -0.4 is 0 Å². The lowest BCUT2D eigenvalue weighted by molar-refractivity contribution is -0.929. The Morgan fingerprint density at radius 2 is 0.786 bits per heavy atom. The van der Waals surface area contributed by atoms with Gasteiger partial charge in [-0.2, -0.15) is 6.32 Å². The highest BCUT2D eigenvalue weighted by Crippen LogP contribution is 2.43. The van der Waals surface area contributed by atoms with Gasteiger partial charge in [0.15, 0.2) is 0 Å². The Morgan fingerprint density at radius 1 is 0.452 bits per heavy atom. The van der Waals surface area contributed by atoms with Crippen LogP contribution in [0.2, 0.25) is 6.32 Å². The van der Waals surface area contributed by atoms with Crippen LogP contribution in [0.1, 0.15) is 121 Å². The molecule has 2 heteroatoms. The fourth-order valence-electron chi connectivity index (χ4n) is 6.31. The average molecular weight is 570 g/mol. The Bertz CT molecular complexity index is 883. The molecule has 0 fully saturated rings. The Kier molecular flexibility index (Phi) is 18.3. The van der Waals surface area contributed by atoms with E-state index in [1.807, 2.05) is 0 Å². The number of benzene rings is 3. The van der Waals surface area contributed by atoms with Crippen molar-refractivity contribution in [1.29, 1.82) is 0 Å². The fraction of sp³-hybridized carbons (Fsp3) is 0.550. The van der Waals surface area contributed by atoms with E-state index >= 15 is 0 Å². The zero-order chi connectivity index (χ0) is 30.4. The van der Waals surface area contributed by atoms with Crippen LogP contribution >= 0.6 is 0 Å². The summed E-state index contributed by atoms with van der Waals surface area (Å²) in [7, 11) is 0.559. The number of hydrogen-bond donors (Lipinski definition) is 0. The smallest absolute Gasteiger partial charge is 0.0786 e. The second-order valence-electron chi connectivity index (χ2n) is 12.0. The molecule has 3 aromatic carbocycles. The van der Waals surface area contributed by atoms with Crippen LogP contribution in [0.5, 0.6) is 0 Å². The standard InChI is InChI=1S/C24H28B.C16H36N/c25-20-12-4-11-19-24(21-13-5-1-6-14-21,22-15-7-2-8-16-22)23-17-9-3-10-18-23;1-5-9-13-17(14-10-6-2,15-11-7-3)16-12-8-4/h1-3,5-10,13-18H,4,11-12,19-20H2,25H3;5-16H2,1-4H3/q-1;+1. The molecule has 0 radical (unpaired) electrons. The van der Waals surface area contributed by atoms with Gasteiger partial charge in [-0.15, -0.1) is 0 Å². The first-order valence-electron chi connectivity index (χ1n) is 16.9. The Morgan fingerprint density at radius 3 is 1.07 bits per heavy atom. The minimum atomic E-state index is -0.0515. The third kappa shape index (κ3) is 11.4. The van der Waals surface area contributed by atoms with Crippen molar-refractivity contribution < 1.29 is 4.48 Å². The lowest BCUT2D eigenvalue weighted by Crippen LogP contribution is -2.50. The number of rotatable bonds is 20. The molecule has 0 saturated heterocycles. The van der Waals surface area contributed by atoms with Gasteiger partial charge in [0.1, 0.15) is 0 Å². The predicted molar refractivity (Wildman–Crippen MR) is 192 cm³/mol. The maximum absolute atomic E-state index is 2.33. The summed E-state index contributed by atoms with van der Waals surface area (Å²) in [5, 5.41) is 0. The minimum absolute atomic E-state index is 0.0515. The van der Waals surface area contributed by atoms with Crippen LogP contribution in [0, 0.1) is 0 Å².